The van der Waals surface area contributed by atoms with E-state index in [0.717, 1.165) is 25.7 Å². The number of nitrogens with two attached hydrogens (primary N) is 1. The van der Waals surface area contributed by atoms with Crippen molar-refractivity contribution in [3.63, 3.8) is 0 Å². The molecule has 0 bridgehead atoms. The highest BCUT2D eigenvalue weighted by Crippen LogP contribution is 2.23. The van der Waals surface area contributed by atoms with Crippen molar-refractivity contribution in [2.24, 2.45) is 5.73 Å². The van der Waals surface area contributed by atoms with E-state index >= 15 is 0 Å². The Morgan fingerprint density at radius 3 is 2.43 bits per heavy atom. The molecule has 1 rings (SSSR count). The van der Waals surface area contributed by atoms with Gasteiger partial charge in [-0.2, -0.15) is 0 Å². The van der Waals surface area contributed by atoms with E-state index < -0.39 is 5.91 Å². The molecule has 80 valence electrons. The fourth-order valence-corrected chi connectivity index (χ4v) is 1.89. The van der Waals surface area contributed by atoms with Crippen LogP contribution in [0.4, 0.5) is 4.79 Å². The van der Waals surface area contributed by atoms with Gasteiger partial charge in [0.15, 0.2) is 0 Å². The lowest BCUT2D eigenvalue weighted by Crippen LogP contribution is -2.47. The van der Waals surface area contributed by atoms with Gasteiger partial charge in [-0.15, -0.1) is 0 Å². The summed E-state index contributed by atoms with van der Waals surface area (Å²) in [4.78, 5) is 23.8. The first-order valence-electron chi connectivity index (χ1n) is 4.92. The highest BCUT2D eigenvalue weighted by Gasteiger charge is 2.26. The number of hydrogen-bond donors (Lipinski definition) is 2. The smallest absolute Gasteiger partial charge is 0.317 e. The molecule has 0 heterocycles. The lowest BCUT2D eigenvalue weighted by molar-refractivity contribution is -0.119. The molecule has 0 spiro atoms. The van der Waals surface area contributed by atoms with Crippen LogP contribution in [0, 0.1) is 0 Å². The molecule has 0 atom stereocenters. The fraction of sp³-hybridized carbons (Fsp3) is 0.778. The number of carbonyl (C=O) groups is 2. The number of nitrogens with one attached hydrogen (secondary N) is 1. The van der Waals surface area contributed by atoms with Gasteiger partial charge in [0, 0.05) is 13.1 Å². The maximum absolute atomic E-state index is 11.4. The summed E-state index contributed by atoms with van der Waals surface area (Å²) >= 11 is 0. The zero-order chi connectivity index (χ0) is 10.6. The summed E-state index contributed by atoms with van der Waals surface area (Å²) in [6.07, 6.45) is 4.19. The quantitative estimate of drug-likeness (QED) is 0.674. The van der Waals surface area contributed by atoms with Crippen molar-refractivity contribution in [3.05, 3.63) is 0 Å². The van der Waals surface area contributed by atoms with Crippen molar-refractivity contribution >= 4 is 11.9 Å². The number of nitrogens with zero attached hydrogens (tertiary/aromatic N) is 1. The van der Waals surface area contributed by atoms with Crippen LogP contribution in [0.25, 0.3) is 0 Å². The minimum Gasteiger partial charge on any atom is -0.368 e. The first-order valence-corrected chi connectivity index (χ1v) is 4.92. The Balaban J connectivity index is 2.59. The molecule has 0 unspecified atom stereocenters. The Hall–Kier alpha value is -1.26. The molecular weight excluding hydrogens is 182 g/mol. The highest BCUT2D eigenvalue weighted by molar-refractivity contribution is 5.83. The number of hydrogen-bond acceptors (Lipinski definition) is 2. The summed E-state index contributed by atoms with van der Waals surface area (Å²) in [6.45, 7) is 0.0182. The topological polar surface area (TPSA) is 75.4 Å². The van der Waals surface area contributed by atoms with E-state index in [4.69, 9.17) is 5.73 Å². The average molecular weight is 199 g/mol. The largest absolute Gasteiger partial charge is 0.368 e. The number of urea groups is 1. The second-order valence-electron chi connectivity index (χ2n) is 3.59. The first-order chi connectivity index (χ1) is 6.65. The van der Waals surface area contributed by atoms with Crippen molar-refractivity contribution in [1.82, 2.24) is 10.2 Å². The van der Waals surface area contributed by atoms with Gasteiger partial charge in [0.2, 0.25) is 5.91 Å². The van der Waals surface area contributed by atoms with E-state index in [1.807, 2.05) is 0 Å². The fourth-order valence-electron chi connectivity index (χ4n) is 1.89. The molecule has 0 aromatic rings. The van der Waals surface area contributed by atoms with Crippen LogP contribution >= 0.6 is 0 Å². The number of rotatable bonds is 3. The zero-order valence-electron chi connectivity index (χ0n) is 8.45. The predicted octanol–water partition coefficient (Wildman–Crippen LogP) is 0.0557. The minimum atomic E-state index is -0.458. The molecule has 5 heteroatoms. The second kappa shape index (κ2) is 4.83. The van der Waals surface area contributed by atoms with Crippen LogP contribution in [0.2, 0.25) is 0 Å². The van der Waals surface area contributed by atoms with Gasteiger partial charge >= 0.3 is 6.03 Å². The second-order valence-corrected chi connectivity index (χ2v) is 3.59. The van der Waals surface area contributed by atoms with Crippen LogP contribution in [-0.4, -0.2) is 36.5 Å². The van der Waals surface area contributed by atoms with E-state index in [-0.39, 0.29) is 18.6 Å². The van der Waals surface area contributed by atoms with Crippen LogP contribution in [0.5, 0.6) is 0 Å². The van der Waals surface area contributed by atoms with E-state index in [1.54, 1.807) is 7.05 Å². The van der Waals surface area contributed by atoms with Gasteiger partial charge < -0.3 is 16.0 Å². The van der Waals surface area contributed by atoms with Crippen molar-refractivity contribution in [3.8, 4) is 0 Å². The first kappa shape index (κ1) is 10.8. The Bertz CT molecular complexity index is 224. The maximum atomic E-state index is 11.4. The third kappa shape index (κ3) is 2.61. The average Bonchev–Trinajstić information content (AvgIpc) is 2.65. The molecular formula is C9H17N3O2. The SMILES string of the molecule is CNC(=O)N(CC(N)=O)C1CCCC1. The molecule has 1 aliphatic carbocycles. The van der Waals surface area contributed by atoms with Crippen molar-refractivity contribution in [2.75, 3.05) is 13.6 Å². The number of amides is 3. The minimum absolute atomic E-state index is 0.0182. The molecule has 14 heavy (non-hydrogen) atoms. The molecule has 1 fully saturated rings. The van der Waals surface area contributed by atoms with Crippen LogP contribution < -0.4 is 11.1 Å². The van der Waals surface area contributed by atoms with Crippen LogP contribution in [0.1, 0.15) is 25.7 Å². The van der Waals surface area contributed by atoms with Crippen molar-refractivity contribution < 1.29 is 9.59 Å². The van der Waals surface area contributed by atoms with E-state index in [1.165, 1.54) is 4.90 Å². The van der Waals surface area contributed by atoms with E-state index in [2.05, 4.69) is 5.32 Å². The summed E-state index contributed by atoms with van der Waals surface area (Å²) in [5.41, 5.74) is 5.09. The summed E-state index contributed by atoms with van der Waals surface area (Å²) in [6, 6.07) is -0.0295. The van der Waals surface area contributed by atoms with Gasteiger partial charge in [-0.05, 0) is 12.8 Å². The van der Waals surface area contributed by atoms with Crippen LogP contribution in [-0.2, 0) is 4.79 Å². The van der Waals surface area contributed by atoms with Gasteiger partial charge in [0.1, 0.15) is 6.54 Å². The summed E-state index contributed by atoms with van der Waals surface area (Å²) < 4.78 is 0. The molecule has 0 radical (unpaired) electrons. The van der Waals surface area contributed by atoms with Crippen LogP contribution in [0.3, 0.4) is 0 Å². The summed E-state index contributed by atoms with van der Waals surface area (Å²) in [5, 5.41) is 2.53. The monoisotopic (exact) mass is 199 g/mol. The van der Waals surface area contributed by atoms with Gasteiger partial charge in [0.25, 0.3) is 0 Å². The molecule has 0 aromatic heterocycles. The molecule has 1 saturated carbocycles. The van der Waals surface area contributed by atoms with Gasteiger partial charge in [-0.25, -0.2) is 4.79 Å². The molecule has 1 aliphatic rings. The maximum Gasteiger partial charge on any atom is 0.317 e. The highest BCUT2D eigenvalue weighted by atomic mass is 16.2. The number of carbonyl (C=O) groups excluding carboxylic acids is 2. The van der Waals surface area contributed by atoms with Crippen LogP contribution in [0.15, 0.2) is 0 Å². The zero-order valence-corrected chi connectivity index (χ0v) is 8.45. The molecule has 0 saturated heterocycles. The van der Waals surface area contributed by atoms with E-state index in [9.17, 15) is 9.59 Å². The molecule has 0 aliphatic heterocycles. The van der Waals surface area contributed by atoms with E-state index in [0.29, 0.717) is 0 Å². The summed E-state index contributed by atoms with van der Waals surface area (Å²) in [5.74, 6) is -0.458. The lowest BCUT2D eigenvalue weighted by atomic mass is 10.2. The molecule has 0 aromatic carbocycles. The predicted molar refractivity (Wildman–Crippen MR) is 52.6 cm³/mol. The normalized spacial score (nSPS) is 16.6. The van der Waals surface area contributed by atoms with Gasteiger partial charge in [-0.1, -0.05) is 12.8 Å². The molecule has 3 amide bonds. The third-order valence-electron chi connectivity index (χ3n) is 2.57. The van der Waals surface area contributed by atoms with Gasteiger partial charge in [-0.3, -0.25) is 4.79 Å². The third-order valence-corrected chi connectivity index (χ3v) is 2.57. The standard InChI is InChI=1S/C9H17N3O2/c1-11-9(14)12(6-8(10)13)7-4-2-3-5-7/h7H,2-6H2,1H3,(H2,10,13)(H,11,14). The number of primary amides is 1. The Kier molecular flexibility index (Phi) is 3.73. The Labute approximate surface area is 83.6 Å². The molecule has 3 N–H and O–H groups in total. The lowest BCUT2D eigenvalue weighted by Gasteiger charge is -2.27. The Morgan fingerprint density at radius 1 is 1.43 bits per heavy atom. The summed E-state index contributed by atoms with van der Waals surface area (Å²) in [7, 11) is 1.56. The Morgan fingerprint density at radius 2 is 2.00 bits per heavy atom. The van der Waals surface area contributed by atoms with Crippen molar-refractivity contribution in [1.29, 1.82) is 0 Å². The van der Waals surface area contributed by atoms with Gasteiger partial charge in [0.05, 0.1) is 0 Å². The van der Waals surface area contributed by atoms with Crippen molar-refractivity contribution in [2.45, 2.75) is 31.7 Å². The molecule has 5 nitrogen and oxygen atoms in total.